The quantitative estimate of drug-likeness (QED) is 0.449. The van der Waals surface area contributed by atoms with E-state index in [1.165, 1.54) is 6.33 Å². The molecule has 1 amide bonds. The number of aromatic amines is 1. The van der Waals surface area contributed by atoms with Crippen LogP contribution in [0.3, 0.4) is 0 Å². The standard InChI is InChI=1S/C22H19ClN6O2/c1-12-19(28-21(30)13-3-5-14(23)6-4-13)20(29-22(27-12)25-11-26-29)17-10-24-18-8-7-15(31-2)9-16(17)18/h3-11,20,24H,1-2H3,(H,28,30)(H,25,26,27)/t20-/m0/s1. The molecule has 2 aromatic heterocycles. The summed E-state index contributed by atoms with van der Waals surface area (Å²) in [6.07, 6.45) is 3.41. The molecule has 31 heavy (non-hydrogen) atoms. The lowest BCUT2D eigenvalue weighted by atomic mass is 9.99. The van der Waals surface area contributed by atoms with Crippen molar-refractivity contribution >= 4 is 34.4 Å². The van der Waals surface area contributed by atoms with Crippen molar-refractivity contribution in [1.82, 2.24) is 25.1 Å². The van der Waals surface area contributed by atoms with Crippen LogP contribution in [-0.4, -0.2) is 32.8 Å². The van der Waals surface area contributed by atoms with Crippen LogP contribution in [-0.2, 0) is 0 Å². The number of amides is 1. The van der Waals surface area contributed by atoms with Crippen molar-refractivity contribution in [2.24, 2.45) is 0 Å². The summed E-state index contributed by atoms with van der Waals surface area (Å²) in [6.45, 7) is 1.90. The molecule has 0 saturated heterocycles. The summed E-state index contributed by atoms with van der Waals surface area (Å²) in [5.41, 5.74) is 3.87. The second kappa shape index (κ2) is 7.48. The summed E-state index contributed by atoms with van der Waals surface area (Å²) in [5.74, 6) is 1.11. The fourth-order valence-electron chi connectivity index (χ4n) is 3.81. The number of hydrogen-bond donors (Lipinski definition) is 3. The van der Waals surface area contributed by atoms with Gasteiger partial charge in [-0.1, -0.05) is 11.6 Å². The van der Waals surface area contributed by atoms with Gasteiger partial charge in [0.05, 0.1) is 12.8 Å². The van der Waals surface area contributed by atoms with E-state index in [1.54, 1.807) is 36.1 Å². The van der Waals surface area contributed by atoms with Gasteiger partial charge in [0.1, 0.15) is 18.1 Å². The molecule has 3 heterocycles. The van der Waals surface area contributed by atoms with Crippen molar-refractivity contribution in [3.63, 3.8) is 0 Å². The number of hydrogen-bond acceptors (Lipinski definition) is 5. The monoisotopic (exact) mass is 434 g/mol. The molecule has 0 fully saturated rings. The molecule has 156 valence electrons. The van der Waals surface area contributed by atoms with Crippen LogP contribution < -0.4 is 15.4 Å². The van der Waals surface area contributed by atoms with E-state index in [-0.39, 0.29) is 5.91 Å². The van der Waals surface area contributed by atoms with Crippen molar-refractivity contribution in [1.29, 1.82) is 0 Å². The number of aromatic nitrogens is 4. The summed E-state index contributed by atoms with van der Waals surface area (Å²) >= 11 is 5.96. The molecule has 1 aliphatic rings. The number of rotatable bonds is 4. The summed E-state index contributed by atoms with van der Waals surface area (Å²) in [7, 11) is 1.63. The second-order valence-electron chi connectivity index (χ2n) is 7.21. The minimum Gasteiger partial charge on any atom is -0.497 e. The van der Waals surface area contributed by atoms with Crippen LogP contribution in [0.2, 0.25) is 5.02 Å². The number of carbonyl (C=O) groups is 1. The van der Waals surface area contributed by atoms with Gasteiger partial charge in [0.25, 0.3) is 5.91 Å². The maximum Gasteiger partial charge on any atom is 0.255 e. The van der Waals surface area contributed by atoms with Gasteiger partial charge < -0.3 is 20.4 Å². The van der Waals surface area contributed by atoms with Crippen LogP contribution >= 0.6 is 11.6 Å². The highest BCUT2D eigenvalue weighted by molar-refractivity contribution is 6.30. The zero-order valence-corrected chi connectivity index (χ0v) is 17.6. The van der Waals surface area contributed by atoms with E-state index in [0.717, 1.165) is 27.9 Å². The van der Waals surface area contributed by atoms with Crippen molar-refractivity contribution < 1.29 is 9.53 Å². The van der Waals surface area contributed by atoms with Gasteiger partial charge in [-0.05, 0) is 49.4 Å². The molecular weight excluding hydrogens is 416 g/mol. The summed E-state index contributed by atoms with van der Waals surface area (Å²) in [6, 6.07) is 12.2. The SMILES string of the molecule is COc1ccc2[nH]cc([C@H]3C(NC(=O)c4ccc(Cl)cc4)=C(C)Nc4ncnn43)c2c1. The minimum atomic E-state index is -0.393. The molecule has 2 aromatic carbocycles. The van der Waals surface area contributed by atoms with Gasteiger partial charge in [0.2, 0.25) is 5.95 Å². The predicted molar refractivity (Wildman–Crippen MR) is 118 cm³/mol. The first-order valence-electron chi connectivity index (χ1n) is 9.64. The van der Waals surface area contributed by atoms with Crippen LogP contribution in [0.25, 0.3) is 10.9 Å². The molecule has 0 unspecified atom stereocenters. The Labute approximate surface area is 182 Å². The van der Waals surface area contributed by atoms with Crippen molar-refractivity contribution in [3.8, 4) is 5.75 Å². The number of methoxy groups -OCH3 is 1. The molecule has 0 aliphatic carbocycles. The van der Waals surface area contributed by atoms with Crippen molar-refractivity contribution in [2.75, 3.05) is 12.4 Å². The molecule has 0 spiro atoms. The third kappa shape index (κ3) is 3.30. The number of allylic oxidation sites excluding steroid dienone is 2. The molecule has 9 heteroatoms. The highest BCUT2D eigenvalue weighted by Crippen LogP contribution is 2.37. The number of benzene rings is 2. The average Bonchev–Trinajstić information content (AvgIpc) is 3.41. The van der Waals surface area contributed by atoms with E-state index < -0.39 is 6.04 Å². The number of H-pyrrole nitrogens is 1. The van der Waals surface area contributed by atoms with E-state index in [1.807, 2.05) is 31.3 Å². The lowest BCUT2D eigenvalue weighted by Crippen LogP contribution is -2.35. The first-order valence-corrected chi connectivity index (χ1v) is 10.0. The maximum atomic E-state index is 13.0. The fourth-order valence-corrected chi connectivity index (χ4v) is 3.94. The first kappa shape index (κ1) is 19.2. The Morgan fingerprint density at radius 2 is 2.03 bits per heavy atom. The van der Waals surface area contributed by atoms with Gasteiger partial charge in [-0.3, -0.25) is 4.79 Å². The summed E-state index contributed by atoms with van der Waals surface area (Å²) < 4.78 is 7.17. The normalized spacial score (nSPS) is 15.5. The fraction of sp³-hybridized carbons (Fsp3) is 0.136. The van der Waals surface area contributed by atoms with E-state index in [4.69, 9.17) is 16.3 Å². The Morgan fingerprint density at radius 3 is 2.81 bits per heavy atom. The van der Waals surface area contributed by atoms with Gasteiger partial charge in [0.15, 0.2) is 0 Å². The number of fused-ring (bicyclic) bond motifs is 2. The maximum absolute atomic E-state index is 13.0. The molecule has 0 radical (unpaired) electrons. The molecule has 0 bridgehead atoms. The number of halogens is 1. The van der Waals surface area contributed by atoms with Crippen molar-refractivity contribution in [2.45, 2.75) is 13.0 Å². The topological polar surface area (TPSA) is 96.9 Å². The molecule has 8 nitrogen and oxygen atoms in total. The minimum absolute atomic E-state index is 0.237. The lowest BCUT2D eigenvalue weighted by molar-refractivity contribution is 0.0961. The number of anilines is 1. The van der Waals surface area contributed by atoms with Crippen LogP contribution in [0.4, 0.5) is 5.95 Å². The molecule has 1 aliphatic heterocycles. The van der Waals surface area contributed by atoms with E-state index in [0.29, 0.717) is 22.2 Å². The number of nitrogens with zero attached hydrogens (tertiary/aromatic N) is 3. The number of nitrogens with one attached hydrogen (secondary N) is 3. The van der Waals surface area contributed by atoms with Gasteiger partial charge in [-0.25, -0.2) is 4.68 Å². The zero-order chi connectivity index (χ0) is 21.5. The second-order valence-corrected chi connectivity index (χ2v) is 7.65. The van der Waals surface area contributed by atoms with Crippen LogP contribution in [0, 0.1) is 0 Å². The van der Waals surface area contributed by atoms with Crippen molar-refractivity contribution in [3.05, 3.63) is 82.5 Å². The van der Waals surface area contributed by atoms with Gasteiger partial charge in [0, 0.05) is 38.9 Å². The Balaban J connectivity index is 1.61. The summed E-state index contributed by atoms with van der Waals surface area (Å²) in [5, 5.41) is 12.2. The molecule has 1 atom stereocenters. The van der Waals surface area contributed by atoms with Gasteiger partial charge in [-0.2, -0.15) is 10.1 Å². The summed E-state index contributed by atoms with van der Waals surface area (Å²) in [4.78, 5) is 20.6. The predicted octanol–water partition coefficient (Wildman–Crippen LogP) is 4.10. The number of ether oxygens (including phenoxy) is 1. The highest BCUT2D eigenvalue weighted by atomic mass is 35.5. The Hall–Kier alpha value is -3.78. The Morgan fingerprint density at radius 1 is 1.23 bits per heavy atom. The van der Waals surface area contributed by atoms with E-state index in [9.17, 15) is 4.79 Å². The van der Waals surface area contributed by atoms with Gasteiger partial charge >= 0.3 is 0 Å². The van der Waals surface area contributed by atoms with Gasteiger partial charge in [-0.15, -0.1) is 0 Å². The first-order chi connectivity index (χ1) is 15.0. The molecule has 0 saturated carbocycles. The largest absolute Gasteiger partial charge is 0.497 e. The van der Waals surface area contributed by atoms with Crippen LogP contribution in [0.15, 0.2) is 66.4 Å². The molecule has 5 rings (SSSR count). The zero-order valence-electron chi connectivity index (χ0n) is 16.8. The van der Waals surface area contributed by atoms with E-state index >= 15 is 0 Å². The van der Waals surface area contributed by atoms with Crippen LogP contribution in [0.5, 0.6) is 5.75 Å². The third-order valence-corrected chi connectivity index (χ3v) is 5.62. The molecular formula is C22H19ClN6O2. The molecule has 4 aromatic rings. The Bertz CT molecular complexity index is 1320. The average molecular weight is 435 g/mol. The molecule has 3 N–H and O–H groups in total. The number of carbonyl (C=O) groups excluding carboxylic acids is 1. The van der Waals surface area contributed by atoms with E-state index in [2.05, 4.69) is 25.7 Å². The van der Waals surface area contributed by atoms with Crippen LogP contribution in [0.1, 0.15) is 28.9 Å². The smallest absolute Gasteiger partial charge is 0.255 e. The Kier molecular flexibility index (Phi) is 4.63. The highest BCUT2D eigenvalue weighted by Gasteiger charge is 2.32. The lowest BCUT2D eigenvalue weighted by Gasteiger charge is -2.29. The third-order valence-electron chi connectivity index (χ3n) is 5.36.